The molecule has 7 heteroatoms. The van der Waals surface area contributed by atoms with Crippen molar-refractivity contribution < 1.29 is 51.4 Å². The van der Waals surface area contributed by atoms with Crippen LogP contribution in [0.4, 0.5) is 0 Å². The van der Waals surface area contributed by atoms with Crippen molar-refractivity contribution >= 4 is 17.9 Å². The van der Waals surface area contributed by atoms with Crippen LogP contribution in [0.5, 0.6) is 0 Å². The topological polar surface area (TPSA) is 112 Å². The Balaban J connectivity index is -0.000000339. The molecule has 0 spiro atoms. The van der Waals surface area contributed by atoms with E-state index in [-0.39, 0.29) is 38.4 Å². The van der Waals surface area contributed by atoms with Gasteiger partial charge in [-0.1, -0.05) is 58.8 Å². The van der Waals surface area contributed by atoms with Crippen molar-refractivity contribution in [3.63, 3.8) is 0 Å². The number of aliphatic carboxylic acids is 3. The summed E-state index contributed by atoms with van der Waals surface area (Å²) in [5, 5.41) is 23.7. The summed E-state index contributed by atoms with van der Waals surface area (Å²) in [6.45, 7) is 18.3. The zero-order chi connectivity index (χ0) is 23.3. The number of carbonyl (C=O) groups is 3. The Labute approximate surface area is 194 Å². The van der Waals surface area contributed by atoms with Crippen LogP contribution in [0.1, 0.15) is 60.3 Å². The van der Waals surface area contributed by atoms with Gasteiger partial charge in [-0.3, -0.25) is 6.08 Å². The minimum Gasteiger partial charge on any atom is -0.478 e. The molecule has 0 saturated carbocycles. The van der Waals surface area contributed by atoms with Gasteiger partial charge in [0.1, 0.15) is 0 Å². The van der Waals surface area contributed by atoms with E-state index in [9.17, 15) is 14.4 Å². The van der Waals surface area contributed by atoms with Gasteiger partial charge in [0.25, 0.3) is 0 Å². The Morgan fingerprint density at radius 3 is 1.40 bits per heavy atom. The third-order valence-corrected chi connectivity index (χ3v) is 4.01. The fourth-order valence-electron chi connectivity index (χ4n) is 2.33. The quantitative estimate of drug-likeness (QED) is 0.308. The average molecular weight is 453 g/mol. The minimum absolute atomic E-state index is 0. The van der Waals surface area contributed by atoms with Crippen LogP contribution in [-0.2, 0) is 36.1 Å². The largest absolute Gasteiger partial charge is 0.478 e. The minimum atomic E-state index is -0.935. The molecule has 0 bridgehead atoms. The molecule has 0 saturated heterocycles. The molecule has 0 aromatic heterocycles. The Morgan fingerprint density at radius 2 is 1.13 bits per heavy atom. The molecule has 0 heterocycles. The van der Waals surface area contributed by atoms with E-state index < -0.39 is 17.9 Å². The second-order valence-corrected chi connectivity index (χ2v) is 6.96. The molecule has 0 fully saturated rings. The van der Waals surface area contributed by atoms with Crippen molar-refractivity contribution in [1.82, 2.24) is 0 Å². The molecule has 0 aliphatic heterocycles. The van der Waals surface area contributed by atoms with Gasteiger partial charge >= 0.3 is 17.9 Å². The molecule has 2 rings (SSSR count). The summed E-state index contributed by atoms with van der Waals surface area (Å²) in [7, 11) is 0. The van der Waals surface area contributed by atoms with Gasteiger partial charge in [0, 0.05) is 38.4 Å². The SMILES string of the molecule is C=C(C)C(=O)O.C=C(C)C(=O)O.C=C(C)C(=O)O.CC1=[C-]C(C)C2=C1CCCC2.[Ti]. The summed E-state index contributed by atoms with van der Waals surface area (Å²) in [6.07, 6.45) is 8.95. The van der Waals surface area contributed by atoms with Gasteiger partial charge in [0.05, 0.1) is 0 Å². The molecule has 30 heavy (non-hydrogen) atoms. The Kier molecular flexibility index (Phi) is 18.0. The monoisotopic (exact) mass is 453 g/mol. The van der Waals surface area contributed by atoms with Crippen molar-refractivity contribution in [2.75, 3.05) is 0 Å². The third kappa shape index (κ3) is 14.8. The van der Waals surface area contributed by atoms with E-state index in [0.29, 0.717) is 5.92 Å². The molecular formula is C23H33O6Ti-. The fourth-order valence-corrected chi connectivity index (χ4v) is 2.33. The standard InChI is InChI=1S/C11H15.3C4H6O2.Ti/c1-8-7-9(2)11-6-4-3-5-10(8)11;3*1-3(2)4(5)6;/h8H,3-6H2,1-2H3;3*1H2,2H3,(H,5,6);/q-1;;;;. The molecule has 6 nitrogen and oxygen atoms in total. The molecule has 1 unspecified atom stereocenters. The first kappa shape index (κ1) is 32.5. The first-order chi connectivity index (χ1) is 13.2. The number of rotatable bonds is 3. The Bertz CT molecular complexity index is 635. The zero-order valence-electron chi connectivity index (χ0n) is 18.6. The van der Waals surface area contributed by atoms with Crippen molar-refractivity contribution in [2.45, 2.75) is 60.3 Å². The normalized spacial score (nSPS) is 15.6. The van der Waals surface area contributed by atoms with Crippen LogP contribution >= 0.6 is 0 Å². The van der Waals surface area contributed by atoms with Crippen LogP contribution in [0.3, 0.4) is 0 Å². The van der Waals surface area contributed by atoms with Crippen LogP contribution in [-0.4, -0.2) is 33.2 Å². The fraction of sp³-hybridized carbons (Fsp3) is 0.435. The van der Waals surface area contributed by atoms with E-state index in [2.05, 4.69) is 39.7 Å². The van der Waals surface area contributed by atoms with E-state index >= 15 is 0 Å². The molecular weight excluding hydrogens is 420 g/mol. The molecule has 1 atom stereocenters. The van der Waals surface area contributed by atoms with Gasteiger partial charge in [0.15, 0.2) is 0 Å². The molecule has 2 aliphatic carbocycles. The predicted molar refractivity (Wildman–Crippen MR) is 114 cm³/mol. The number of allylic oxidation sites excluding steroid dienone is 4. The summed E-state index contributed by atoms with van der Waals surface area (Å²) in [5.74, 6) is -2.18. The maximum absolute atomic E-state index is 9.60. The summed E-state index contributed by atoms with van der Waals surface area (Å²) < 4.78 is 0. The summed E-state index contributed by atoms with van der Waals surface area (Å²) in [5.41, 5.74) is 5.30. The van der Waals surface area contributed by atoms with Crippen LogP contribution in [0.25, 0.3) is 0 Å². The summed E-state index contributed by atoms with van der Waals surface area (Å²) in [4.78, 5) is 28.8. The van der Waals surface area contributed by atoms with E-state index in [1.807, 2.05) is 0 Å². The van der Waals surface area contributed by atoms with Crippen molar-refractivity contribution in [3.8, 4) is 0 Å². The van der Waals surface area contributed by atoms with Crippen LogP contribution < -0.4 is 0 Å². The van der Waals surface area contributed by atoms with Gasteiger partial charge in [-0.05, 0) is 27.2 Å². The molecule has 0 amide bonds. The number of carboxylic acid groups (broad SMARTS) is 3. The van der Waals surface area contributed by atoms with E-state index in [0.717, 1.165) is 0 Å². The Morgan fingerprint density at radius 1 is 0.833 bits per heavy atom. The van der Waals surface area contributed by atoms with Gasteiger partial charge in [-0.15, -0.1) is 0 Å². The van der Waals surface area contributed by atoms with Gasteiger partial charge in [-0.2, -0.15) is 11.1 Å². The Hall–Kier alpha value is -2.18. The molecule has 166 valence electrons. The summed E-state index contributed by atoms with van der Waals surface area (Å²) >= 11 is 0. The molecule has 2 aliphatic rings. The van der Waals surface area contributed by atoms with E-state index in [1.165, 1.54) is 52.0 Å². The molecule has 3 N–H and O–H groups in total. The third-order valence-electron chi connectivity index (χ3n) is 4.01. The second-order valence-electron chi connectivity index (χ2n) is 6.96. The van der Waals surface area contributed by atoms with Crippen LogP contribution in [0, 0.1) is 12.0 Å². The molecule has 0 aromatic rings. The number of carboxylic acids is 3. The van der Waals surface area contributed by atoms with E-state index in [4.69, 9.17) is 15.3 Å². The van der Waals surface area contributed by atoms with Crippen molar-refractivity contribution in [3.05, 3.63) is 59.3 Å². The number of hydrogen-bond acceptors (Lipinski definition) is 3. The van der Waals surface area contributed by atoms with Crippen molar-refractivity contribution in [1.29, 1.82) is 0 Å². The number of hydrogen-bond donors (Lipinski definition) is 3. The second kappa shape index (κ2) is 16.6. The summed E-state index contributed by atoms with van der Waals surface area (Å²) in [6, 6.07) is 0. The van der Waals surface area contributed by atoms with Crippen LogP contribution in [0.2, 0.25) is 0 Å². The first-order valence-corrected chi connectivity index (χ1v) is 9.21. The zero-order valence-corrected chi connectivity index (χ0v) is 20.2. The smallest absolute Gasteiger partial charge is 0.330 e. The molecule has 0 radical (unpaired) electrons. The van der Waals surface area contributed by atoms with Gasteiger partial charge < -0.3 is 15.3 Å². The molecule has 0 aromatic carbocycles. The van der Waals surface area contributed by atoms with Gasteiger partial charge in [0.2, 0.25) is 0 Å². The first-order valence-electron chi connectivity index (χ1n) is 9.21. The van der Waals surface area contributed by atoms with Crippen LogP contribution in [0.15, 0.2) is 53.2 Å². The maximum Gasteiger partial charge on any atom is 0.330 e. The van der Waals surface area contributed by atoms with Gasteiger partial charge in [-0.25, -0.2) is 20.0 Å². The average Bonchev–Trinajstić information content (AvgIpc) is 2.91. The maximum atomic E-state index is 9.60. The van der Waals surface area contributed by atoms with E-state index in [1.54, 1.807) is 11.1 Å². The predicted octanol–water partition coefficient (Wildman–Crippen LogP) is 5.19. The van der Waals surface area contributed by atoms with Crippen molar-refractivity contribution in [2.24, 2.45) is 5.92 Å².